The normalized spacial score (nSPS) is 10.5. The van der Waals surface area contributed by atoms with E-state index in [4.69, 9.17) is 0 Å². The molecule has 0 aliphatic carbocycles. The van der Waals surface area contributed by atoms with Gasteiger partial charge in [0, 0.05) is 12.7 Å². The Balaban J connectivity index is 2.12. The van der Waals surface area contributed by atoms with Crippen molar-refractivity contribution in [3.63, 3.8) is 0 Å². The van der Waals surface area contributed by atoms with Gasteiger partial charge in [0.05, 0.1) is 5.69 Å². The van der Waals surface area contributed by atoms with E-state index >= 15 is 0 Å². The lowest BCUT2D eigenvalue weighted by atomic mass is 10.2. The van der Waals surface area contributed by atoms with Gasteiger partial charge in [-0.05, 0) is 42.4 Å². The molecule has 1 aromatic rings. The van der Waals surface area contributed by atoms with Crippen molar-refractivity contribution in [2.75, 3.05) is 11.0 Å². The van der Waals surface area contributed by atoms with Crippen molar-refractivity contribution in [3.05, 3.63) is 29.6 Å². The number of halogens is 1. The smallest absolute Gasteiger partial charge is 0.0570 e. The molecule has 0 atom stereocenters. The topological polar surface area (TPSA) is 24.9 Å². The van der Waals surface area contributed by atoms with Crippen molar-refractivity contribution in [3.8, 4) is 0 Å². The molecule has 0 aliphatic rings. The second kappa shape index (κ2) is 8.05. The van der Waals surface area contributed by atoms with Crippen LogP contribution in [0.3, 0.4) is 0 Å². The summed E-state index contributed by atoms with van der Waals surface area (Å²) in [4.78, 5) is 4.35. The lowest BCUT2D eigenvalue weighted by Gasteiger charge is -2.06. The number of hydrogen-bond donors (Lipinski definition) is 1. The van der Waals surface area contributed by atoms with Crippen LogP contribution in [0.2, 0.25) is 0 Å². The highest BCUT2D eigenvalue weighted by Crippen LogP contribution is 2.02. The van der Waals surface area contributed by atoms with Crippen LogP contribution < -0.4 is 5.32 Å². The molecule has 1 N–H and O–H groups in total. The Bertz CT molecular complexity index is 276. The van der Waals surface area contributed by atoms with Gasteiger partial charge in [0.1, 0.15) is 0 Å². The molecule has 0 saturated heterocycles. The molecule has 0 aromatic carbocycles. The van der Waals surface area contributed by atoms with Crippen LogP contribution in [0.4, 0.5) is 0 Å². The minimum atomic E-state index is 0.900. The fourth-order valence-corrected chi connectivity index (χ4v) is 1.97. The zero-order chi connectivity index (χ0) is 10.9. The third-order valence-electron chi connectivity index (χ3n) is 2.40. The summed E-state index contributed by atoms with van der Waals surface area (Å²) in [7, 11) is 0. The Labute approximate surface area is 106 Å². The van der Waals surface area contributed by atoms with E-state index in [1.165, 1.54) is 34.9 Å². The number of alkyl halides is 1. The zero-order valence-electron chi connectivity index (χ0n) is 9.30. The molecule has 1 heterocycles. The van der Waals surface area contributed by atoms with Crippen molar-refractivity contribution in [2.24, 2.45) is 0 Å². The molecule has 1 aromatic heterocycles. The molecule has 0 unspecified atom stereocenters. The number of pyridine rings is 1. The van der Waals surface area contributed by atoms with Crippen LogP contribution in [-0.2, 0) is 6.54 Å². The van der Waals surface area contributed by atoms with E-state index in [2.05, 4.69) is 45.9 Å². The van der Waals surface area contributed by atoms with Crippen molar-refractivity contribution in [1.29, 1.82) is 0 Å². The van der Waals surface area contributed by atoms with E-state index in [9.17, 15) is 0 Å². The van der Waals surface area contributed by atoms with Crippen LogP contribution in [-0.4, -0.2) is 16.0 Å². The standard InChI is InChI=1S/C12H19IN2/c1-11-6-5-9-15-12(11)10-14-8-4-2-3-7-13/h5-6,9,14H,2-4,7-8,10H2,1H3. The summed E-state index contributed by atoms with van der Waals surface area (Å²) in [6.45, 7) is 4.11. The molecule has 0 amide bonds. The zero-order valence-corrected chi connectivity index (χ0v) is 11.5. The van der Waals surface area contributed by atoms with Crippen LogP contribution in [0.1, 0.15) is 30.5 Å². The summed E-state index contributed by atoms with van der Waals surface area (Å²) < 4.78 is 1.27. The van der Waals surface area contributed by atoms with E-state index in [1.807, 2.05) is 12.3 Å². The van der Waals surface area contributed by atoms with Gasteiger partial charge in [-0.1, -0.05) is 35.1 Å². The molecule has 3 heteroatoms. The SMILES string of the molecule is Cc1cccnc1CNCCCCCI. The summed E-state index contributed by atoms with van der Waals surface area (Å²) in [5.74, 6) is 0. The van der Waals surface area contributed by atoms with Crippen molar-refractivity contribution in [1.82, 2.24) is 10.3 Å². The van der Waals surface area contributed by atoms with E-state index in [-0.39, 0.29) is 0 Å². The molecule has 0 saturated carbocycles. The predicted octanol–water partition coefficient (Wildman–Crippen LogP) is 3.08. The number of aromatic nitrogens is 1. The quantitative estimate of drug-likeness (QED) is 0.475. The first-order valence-corrected chi connectivity index (χ1v) is 7.04. The van der Waals surface area contributed by atoms with Gasteiger partial charge in [-0.15, -0.1) is 0 Å². The van der Waals surface area contributed by atoms with Crippen molar-refractivity contribution in [2.45, 2.75) is 32.7 Å². The highest BCUT2D eigenvalue weighted by Gasteiger charge is 1.97. The largest absolute Gasteiger partial charge is 0.311 e. The van der Waals surface area contributed by atoms with Crippen molar-refractivity contribution >= 4 is 22.6 Å². The van der Waals surface area contributed by atoms with Gasteiger partial charge >= 0.3 is 0 Å². The average molecular weight is 318 g/mol. The number of nitrogens with zero attached hydrogens (tertiary/aromatic N) is 1. The maximum Gasteiger partial charge on any atom is 0.0570 e. The third kappa shape index (κ3) is 5.47. The first-order valence-electron chi connectivity index (χ1n) is 5.52. The molecule has 15 heavy (non-hydrogen) atoms. The Morgan fingerprint density at radius 1 is 1.33 bits per heavy atom. The first kappa shape index (κ1) is 12.9. The van der Waals surface area contributed by atoms with Gasteiger partial charge in [0.2, 0.25) is 0 Å². The maximum atomic E-state index is 4.35. The van der Waals surface area contributed by atoms with Gasteiger partial charge in [-0.25, -0.2) is 0 Å². The summed E-state index contributed by atoms with van der Waals surface area (Å²) in [6.07, 6.45) is 5.80. The number of rotatable bonds is 7. The maximum absolute atomic E-state index is 4.35. The van der Waals surface area contributed by atoms with E-state index in [1.54, 1.807) is 0 Å². The number of nitrogens with one attached hydrogen (secondary N) is 1. The van der Waals surface area contributed by atoms with E-state index in [0.717, 1.165) is 13.1 Å². The molecular formula is C12H19IN2. The molecule has 84 valence electrons. The van der Waals surface area contributed by atoms with Gasteiger partial charge in [0.25, 0.3) is 0 Å². The molecule has 0 bridgehead atoms. The first-order chi connectivity index (χ1) is 7.34. The minimum absolute atomic E-state index is 0.900. The Hall–Kier alpha value is -0.160. The summed E-state index contributed by atoms with van der Waals surface area (Å²) in [5.41, 5.74) is 2.45. The Morgan fingerprint density at radius 2 is 2.20 bits per heavy atom. The van der Waals surface area contributed by atoms with Crippen LogP contribution in [0.25, 0.3) is 0 Å². The number of hydrogen-bond acceptors (Lipinski definition) is 2. The molecule has 1 rings (SSSR count). The van der Waals surface area contributed by atoms with Crippen LogP contribution in [0.15, 0.2) is 18.3 Å². The predicted molar refractivity (Wildman–Crippen MR) is 73.4 cm³/mol. The highest BCUT2D eigenvalue weighted by atomic mass is 127. The summed E-state index contributed by atoms with van der Waals surface area (Å²) in [6, 6.07) is 4.10. The molecule has 0 aliphatic heterocycles. The lowest BCUT2D eigenvalue weighted by Crippen LogP contribution is -2.16. The van der Waals surface area contributed by atoms with Crippen LogP contribution >= 0.6 is 22.6 Å². The Morgan fingerprint density at radius 3 is 2.93 bits per heavy atom. The average Bonchev–Trinajstić information content (AvgIpc) is 2.25. The highest BCUT2D eigenvalue weighted by molar-refractivity contribution is 14.1. The molecule has 0 fully saturated rings. The number of unbranched alkanes of at least 4 members (excludes halogenated alkanes) is 2. The van der Waals surface area contributed by atoms with E-state index < -0.39 is 0 Å². The fraction of sp³-hybridized carbons (Fsp3) is 0.583. The van der Waals surface area contributed by atoms with Gasteiger partial charge in [0.15, 0.2) is 0 Å². The van der Waals surface area contributed by atoms with Crippen LogP contribution in [0, 0.1) is 6.92 Å². The molecule has 0 radical (unpaired) electrons. The van der Waals surface area contributed by atoms with Crippen LogP contribution in [0.5, 0.6) is 0 Å². The van der Waals surface area contributed by atoms with Gasteiger partial charge in [-0.3, -0.25) is 4.98 Å². The third-order valence-corrected chi connectivity index (χ3v) is 3.16. The van der Waals surface area contributed by atoms with Gasteiger partial charge < -0.3 is 5.32 Å². The minimum Gasteiger partial charge on any atom is -0.311 e. The number of aryl methyl sites for hydroxylation is 1. The van der Waals surface area contributed by atoms with Gasteiger partial charge in [-0.2, -0.15) is 0 Å². The molecule has 2 nitrogen and oxygen atoms in total. The second-order valence-corrected chi connectivity index (χ2v) is 4.77. The van der Waals surface area contributed by atoms with Crippen molar-refractivity contribution < 1.29 is 0 Å². The summed E-state index contributed by atoms with van der Waals surface area (Å²) in [5, 5.41) is 3.44. The molecule has 0 spiro atoms. The monoisotopic (exact) mass is 318 g/mol. The Kier molecular flexibility index (Phi) is 6.92. The summed E-state index contributed by atoms with van der Waals surface area (Å²) >= 11 is 2.43. The fourth-order valence-electron chi connectivity index (χ4n) is 1.43. The second-order valence-electron chi connectivity index (χ2n) is 3.69. The molecular weight excluding hydrogens is 299 g/mol. The van der Waals surface area contributed by atoms with E-state index in [0.29, 0.717) is 0 Å². The lowest BCUT2D eigenvalue weighted by molar-refractivity contribution is 0.612.